The first kappa shape index (κ1) is 22.8. The van der Waals surface area contributed by atoms with Crippen LogP contribution in [0.3, 0.4) is 0 Å². The summed E-state index contributed by atoms with van der Waals surface area (Å²) in [5.74, 6) is 0.317. The van der Waals surface area contributed by atoms with Crippen LogP contribution in [0, 0.1) is 9.77 Å². The molecule has 1 aliphatic heterocycles. The quantitative estimate of drug-likeness (QED) is 0.488. The van der Waals surface area contributed by atoms with Gasteiger partial charge in [0.15, 0.2) is 10.6 Å². The fraction of sp³-hybridized carbons (Fsp3) is 0.300. The highest BCUT2D eigenvalue weighted by Gasteiger charge is 2.30. The normalized spacial score (nSPS) is 15.6. The standard InChI is InChI=1S/C20H22FN5O3S3/c1-29-17-6-4-16(5-7-17)22-19-23-26(20(30)31-19)14-24-10-12-25(13-11-24)32(27,28)18-8-2-15(21)3-9-18/h2-9H,10-14H2,1H3,(H,22,23)/p+1. The second kappa shape index (κ2) is 9.63. The summed E-state index contributed by atoms with van der Waals surface area (Å²) in [6.45, 7) is 2.57. The Hall–Kier alpha value is -2.38. The number of hydrogen-bond acceptors (Lipinski definition) is 7. The van der Waals surface area contributed by atoms with E-state index >= 15 is 0 Å². The molecule has 3 aromatic rings. The summed E-state index contributed by atoms with van der Waals surface area (Å²) in [6, 6.07) is 12.5. The van der Waals surface area contributed by atoms with Crippen molar-refractivity contribution in [1.29, 1.82) is 0 Å². The predicted octanol–water partition coefficient (Wildman–Crippen LogP) is 2.11. The van der Waals surface area contributed by atoms with E-state index in [2.05, 4.69) is 10.4 Å². The van der Waals surface area contributed by atoms with E-state index in [4.69, 9.17) is 17.0 Å². The largest absolute Gasteiger partial charge is 0.497 e. The molecule has 8 nitrogen and oxygen atoms in total. The van der Waals surface area contributed by atoms with E-state index in [0.717, 1.165) is 23.6 Å². The molecule has 0 atom stereocenters. The lowest BCUT2D eigenvalue weighted by atomic mass is 10.3. The molecule has 0 saturated carbocycles. The third-order valence-electron chi connectivity index (χ3n) is 5.20. The van der Waals surface area contributed by atoms with Gasteiger partial charge in [0.2, 0.25) is 15.2 Å². The van der Waals surface area contributed by atoms with Gasteiger partial charge in [-0.1, -0.05) is 11.3 Å². The molecule has 2 N–H and O–H groups in total. The second-order valence-electron chi connectivity index (χ2n) is 7.29. The van der Waals surface area contributed by atoms with E-state index in [-0.39, 0.29) is 4.90 Å². The maximum absolute atomic E-state index is 13.1. The number of nitrogens with one attached hydrogen (secondary N) is 2. The Morgan fingerprint density at radius 3 is 2.44 bits per heavy atom. The van der Waals surface area contributed by atoms with Gasteiger partial charge in [0, 0.05) is 5.69 Å². The monoisotopic (exact) mass is 496 g/mol. The molecule has 0 unspecified atom stereocenters. The van der Waals surface area contributed by atoms with Crippen molar-refractivity contribution >= 4 is 44.4 Å². The lowest BCUT2D eigenvalue weighted by Gasteiger charge is -2.31. The minimum absolute atomic E-state index is 0.110. The van der Waals surface area contributed by atoms with Crippen LogP contribution >= 0.6 is 23.6 Å². The number of benzene rings is 2. The Bertz CT molecular complexity index is 1220. The van der Waals surface area contributed by atoms with Gasteiger partial charge in [-0.25, -0.2) is 12.8 Å². The third kappa shape index (κ3) is 5.15. The molecule has 2 heterocycles. The lowest BCUT2D eigenvalue weighted by molar-refractivity contribution is -0.926. The molecule has 1 aromatic heterocycles. The van der Waals surface area contributed by atoms with Crippen LogP contribution in [0.2, 0.25) is 0 Å². The van der Waals surface area contributed by atoms with Crippen LogP contribution in [0.5, 0.6) is 5.75 Å². The molecule has 4 rings (SSSR count). The van der Waals surface area contributed by atoms with Crippen molar-refractivity contribution < 1.29 is 22.4 Å². The molecule has 0 amide bonds. The SMILES string of the molecule is COc1ccc(Nc2nn(C[NH+]3CCN(S(=O)(=O)c4ccc(F)cc4)CC3)c(=S)s2)cc1. The Balaban J connectivity index is 1.36. The van der Waals surface area contributed by atoms with Crippen molar-refractivity contribution in [3.63, 3.8) is 0 Å². The van der Waals surface area contributed by atoms with E-state index in [1.165, 1.54) is 32.7 Å². The summed E-state index contributed by atoms with van der Waals surface area (Å²) in [5.41, 5.74) is 0.883. The van der Waals surface area contributed by atoms with Crippen molar-refractivity contribution in [2.45, 2.75) is 11.6 Å². The highest BCUT2D eigenvalue weighted by atomic mass is 32.2. The van der Waals surface area contributed by atoms with Crippen LogP contribution in [-0.2, 0) is 16.7 Å². The van der Waals surface area contributed by atoms with Gasteiger partial charge in [0.1, 0.15) is 11.6 Å². The summed E-state index contributed by atoms with van der Waals surface area (Å²) in [7, 11) is -2.00. The lowest BCUT2D eigenvalue weighted by Crippen LogP contribution is -3.14. The van der Waals surface area contributed by atoms with E-state index in [0.29, 0.717) is 41.9 Å². The van der Waals surface area contributed by atoms with E-state index in [1.54, 1.807) is 11.8 Å². The highest BCUT2D eigenvalue weighted by Crippen LogP contribution is 2.22. The zero-order valence-corrected chi connectivity index (χ0v) is 19.8. The Morgan fingerprint density at radius 1 is 1.16 bits per heavy atom. The van der Waals surface area contributed by atoms with Crippen LogP contribution in [0.4, 0.5) is 15.2 Å². The first-order chi connectivity index (χ1) is 15.3. The summed E-state index contributed by atoms with van der Waals surface area (Å²) < 4.78 is 47.7. The minimum atomic E-state index is -3.63. The summed E-state index contributed by atoms with van der Waals surface area (Å²) in [4.78, 5) is 1.30. The molecule has 0 bridgehead atoms. The molecule has 1 fully saturated rings. The zero-order chi connectivity index (χ0) is 22.7. The predicted molar refractivity (Wildman–Crippen MR) is 123 cm³/mol. The number of ether oxygens (including phenoxy) is 1. The van der Waals surface area contributed by atoms with E-state index < -0.39 is 15.8 Å². The van der Waals surface area contributed by atoms with Gasteiger partial charge < -0.3 is 15.0 Å². The van der Waals surface area contributed by atoms with Gasteiger partial charge in [0.25, 0.3) is 0 Å². The van der Waals surface area contributed by atoms with Gasteiger partial charge in [-0.15, -0.1) is 5.10 Å². The molecular weight excluding hydrogens is 473 g/mol. The summed E-state index contributed by atoms with van der Waals surface area (Å²) in [5, 5.41) is 8.50. The maximum atomic E-state index is 13.1. The molecule has 1 aliphatic rings. The average Bonchev–Trinajstić information content (AvgIpc) is 3.13. The van der Waals surface area contributed by atoms with Crippen LogP contribution < -0.4 is 15.0 Å². The number of halogens is 1. The molecule has 0 radical (unpaired) electrons. The van der Waals surface area contributed by atoms with Crippen LogP contribution in [0.15, 0.2) is 53.4 Å². The van der Waals surface area contributed by atoms with E-state index in [1.807, 2.05) is 24.3 Å². The second-order valence-corrected chi connectivity index (χ2v) is 10.9. The fourth-order valence-electron chi connectivity index (χ4n) is 3.42. The number of piperazine rings is 1. The van der Waals surface area contributed by atoms with Gasteiger partial charge in [-0.2, -0.15) is 8.99 Å². The van der Waals surface area contributed by atoms with Gasteiger partial charge in [0.05, 0.1) is 38.2 Å². The summed E-state index contributed by atoms with van der Waals surface area (Å²) >= 11 is 6.85. The van der Waals surface area contributed by atoms with Crippen molar-refractivity contribution in [3.8, 4) is 5.75 Å². The number of hydrogen-bond donors (Lipinski definition) is 2. The Kier molecular flexibility index (Phi) is 6.86. The van der Waals surface area contributed by atoms with Crippen LogP contribution in [0.1, 0.15) is 0 Å². The molecule has 0 aliphatic carbocycles. The molecule has 12 heteroatoms. The molecule has 0 spiro atoms. The summed E-state index contributed by atoms with van der Waals surface area (Å²) in [6.07, 6.45) is 0. The first-order valence-corrected chi connectivity index (χ1v) is 12.6. The van der Waals surface area contributed by atoms with Crippen molar-refractivity contribution in [1.82, 2.24) is 14.1 Å². The van der Waals surface area contributed by atoms with Gasteiger partial charge in [-0.3, -0.25) is 0 Å². The first-order valence-electron chi connectivity index (χ1n) is 9.93. The number of sulfonamides is 1. The van der Waals surface area contributed by atoms with Gasteiger partial charge >= 0.3 is 0 Å². The molecular formula is C20H23FN5O3S3+. The van der Waals surface area contributed by atoms with Crippen molar-refractivity contribution in [2.24, 2.45) is 0 Å². The number of quaternary nitrogens is 1. The number of methoxy groups -OCH3 is 1. The highest BCUT2D eigenvalue weighted by molar-refractivity contribution is 7.89. The number of anilines is 2. The molecule has 32 heavy (non-hydrogen) atoms. The van der Waals surface area contributed by atoms with Crippen molar-refractivity contribution in [3.05, 3.63) is 58.3 Å². The third-order valence-corrected chi connectivity index (χ3v) is 8.34. The Labute approximate surface area is 194 Å². The van der Waals surface area contributed by atoms with Crippen LogP contribution in [0.25, 0.3) is 0 Å². The minimum Gasteiger partial charge on any atom is -0.497 e. The van der Waals surface area contributed by atoms with Gasteiger partial charge in [-0.05, 0) is 60.7 Å². The zero-order valence-electron chi connectivity index (χ0n) is 17.3. The molecule has 1 saturated heterocycles. The smallest absolute Gasteiger partial charge is 0.243 e. The molecule has 2 aromatic carbocycles. The fourth-order valence-corrected chi connectivity index (χ4v) is 5.89. The van der Waals surface area contributed by atoms with Crippen LogP contribution in [-0.4, -0.2) is 55.8 Å². The van der Waals surface area contributed by atoms with Crippen molar-refractivity contribution in [2.75, 3.05) is 38.6 Å². The molecule has 170 valence electrons. The number of nitrogens with zero attached hydrogens (tertiary/aromatic N) is 3. The Morgan fingerprint density at radius 2 is 1.81 bits per heavy atom. The average molecular weight is 497 g/mol. The number of rotatable bonds is 7. The van der Waals surface area contributed by atoms with E-state index in [9.17, 15) is 12.8 Å². The maximum Gasteiger partial charge on any atom is 0.243 e. The topological polar surface area (TPSA) is 80.9 Å². The number of aromatic nitrogens is 2.